The molecule has 30 heavy (non-hydrogen) atoms. The van der Waals surface area contributed by atoms with Crippen molar-refractivity contribution in [2.45, 2.75) is 26.7 Å². The van der Waals surface area contributed by atoms with E-state index in [9.17, 15) is 0 Å². The zero-order chi connectivity index (χ0) is 21.1. The van der Waals surface area contributed by atoms with Crippen LogP contribution in [0, 0.1) is 13.8 Å². The van der Waals surface area contributed by atoms with Crippen molar-refractivity contribution in [3.63, 3.8) is 0 Å². The summed E-state index contributed by atoms with van der Waals surface area (Å²) in [7, 11) is 0. The summed E-state index contributed by atoms with van der Waals surface area (Å²) >= 11 is 0. The van der Waals surface area contributed by atoms with E-state index in [2.05, 4.69) is 86.6 Å². The van der Waals surface area contributed by atoms with Crippen LogP contribution < -0.4 is 11.5 Å². The third-order valence-corrected chi connectivity index (χ3v) is 5.79. The largest absolute Gasteiger partial charge is 0.398 e. The molecule has 2 nitrogen and oxygen atoms in total. The van der Waals surface area contributed by atoms with Gasteiger partial charge < -0.3 is 11.5 Å². The molecular weight excluding hydrogens is 364 g/mol. The van der Waals surface area contributed by atoms with E-state index in [4.69, 9.17) is 11.5 Å². The van der Waals surface area contributed by atoms with Crippen molar-refractivity contribution in [1.82, 2.24) is 0 Å². The SMILES string of the molecule is Cc1cc(CCc2cc(C)c(N)c(-c3ccccc3)c2)c(N)cc1-c1ccccc1. The molecule has 0 aliphatic carbocycles. The molecule has 0 amide bonds. The highest BCUT2D eigenvalue weighted by Crippen LogP contribution is 2.32. The molecule has 0 aromatic heterocycles. The lowest BCUT2D eigenvalue weighted by Gasteiger charge is -2.15. The van der Waals surface area contributed by atoms with Crippen molar-refractivity contribution in [3.8, 4) is 22.3 Å². The van der Waals surface area contributed by atoms with Crippen LogP contribution in [0.25, 0.3) is 22.3 Å². The molecule has 4 aromatic rings. The summed E-state index contributed by atoms with van der Waals surface area (Å²) < 4.78 is 0. The molecule has 0 aliphatic rings. The van der Waals surface area contributed by atoms with Crippen LogP contribution in [0.2, 0.25) is 0 Å². The van der Waals surface area contributed by atoms with Gasteiger partial charge in [-0.05, 0) is 77.8 Å². The van der Waals surface area contributed by atoms with Crippen molar-refractivity contribution < 1.29 is 0 Å². The number of anilines is 2. The molecule has 4 N–H and O–H groups in total. The minimum atomic E-state index is 0.854. The Morgan fingerprint density at radius 3 is 1.83 bits per heavy atom. The summed E-state index contributed by atoms with van der Waals surface area (Å²) in [5.74, 6) is 0. The van der Waals surface area contributed by atoms with E-state index in [0.29, 0.717) is 0 Å². The number of benzene rings is 4. The second-order valence-corrected chi connectivity index (χ2v) is 7.97. The van der Waals surface area contributed by atoms with Gasteiger partial charge in [-0.2, -0.15) is 0 Å². The van der Waals surface area contributed by atoms with Crippen LogP contribution in [0.3, 0.4) is 0 Å². The van der Waals surface area contributed by atoms with Gasteiger partial charge in [-0.25, -0.2) is 0 Å². The molecule has 4 rings (SSSR count). The number of nitrogen functional groups attached to an aromatic ring is 2. The van der Waals surface area contributed by atoms with E-state index in [1.165, 1.54) is 27.8 Å². The molecule has 0 atom stereocenters. The van der Waals surface area contributed by atoms with Crippen LogP contribution in [-0.2, 0) is 12.8 Å². The predicted octanol–water partition coefficient (Wildman–Crippen LogP) is 6.59. The average molecular weight is 393 g/mol. The van der Waals surface area contributed by atoms with Gasteiger partial charge in [0.2, 0.25) is 0 Å². The van der Waals surface area contributed by atoms with Crippen LogP contribution in [0.4, 0.5) is 11.4 Å². The highest BCUT2D eigenvalue weighted by Gasteiger charge is 2.10. The molecule has 0 spiro atoms. The molecule has 4 aromatic carbocycles. The first-order valence-electron chi connectivity index (χ1n) is 10.4. The maximum atomic E-state index is 6.45. The Kier molecular flexibility index (Phi) is 5.58. The summed E-state index contributed by atoms with van der Waals surface area (Å²) in [4.78, 5) is 0. The molecule has 0 aliphatic heterocycles. The van der Waals surface area contributed by atoms with Gasteiger partial charge >= 0.3 is 0 Å². The van der Waals surface area contributed by atoms with Crippen LogP contribution in [0.15, 0.2) is 84.9 Å². The number of rotatable bonds is 5. The third-order valence-electron chi connectivity index (χ3n) is 5.79. The molecule has 0 radical (unpaired) electrons. The van der Waals surface area contributed by atoms with E-state index in [0.717, 1.165) is 40.9 Å². The van der Waals surface area contributed by atoms with Crippen LogP contribution >= 0.6 is 0 Å². The molecular formula is C28H28N2. The first-order valence-corrected chi connectivity index (χ1v) is 10.4. The lowest BCUT2D eigenvalue weighted by atomic mass is 9.92. The van der Waals surface area contributed by atoms with Gasteiger partial charge in [-0.15, -0.1) is 0 Å². The monoisotopic (exact) mass is 392 g/mol. The molecule has 2 heteroatoms. The number of aryl methyl sites for hydroxylation is 4. The Morgan fingerprint density at radius 1 is 0.600 bits per heavy atom. The van der Waals surface area contributed by atoms with E-state index < -0.39 is 0 Å². The number of hydrogen-bond acceptors (Lipinski definition) is 2. The molecule has 0 bridgehead atoms. The quantitative estimate of drug-likeness (QED) is 0.377. The molecule has 0 saturated heterocycles. The van der Waals surface area contributed by atoms with Crippen molar-refractivity contribution in [3.05, 3.63) is 107 Å². The Labute approximate surface area is 179 Å². The van der Waals surface area contributed by atoms with E-state index in [-0.39, 0.29) is 0 Å². The first kappa shape index (κ1) is 19.8. The Bertz CT molecular complexity index is 1160. The summed E-state index contributed by atoms with van der Waals surface area (Å²) in [6, 6.07) is 29.5. The van der Waals surface area contributed by atoms with Crippen molar-refractivity contribution in [2.75, 3.05) is 11.5 Å². The third kappa shape index (κ3) is 4.08. The minimum Gasteiger partial charge on any atom is -0.398 e. The highest BCUT2D eigenvalue weighted by atomic mass is 14.6. The molecule has 150 valence electrons. The molecule has 0 fully saturated rings. The maximum Gasteiger partial charge on any atom is 0.0423 e. The van der Waals surface area contributed by atoms with E-state index >= 15 is 0 Å². The lowest BCUT2D eigenvalue weighted by molar-refractivity contribution is 0.959. The molecule has 0 heterocycles. The van der Waals surface area contributed by atoms with Crippen LogP contribution in [0.5, 0.6) is 0 Å². The van der Waals surface area contributed by atoms with E-state index in [1.54, 1.807) is 0 Å². The summed E-state index contributed by atoms with van der Waals surface area (Å²) in [6.45, 7) is 4.24. The molecule has 0 unspecified atom stereocenters. The van der Waals surface area contributed by atoms with Crippen LogP contribution in [-0.4, -0.2) is 0 Å². The second kappa shape index (κ2) is 8.46. The number of hydrogen-bond donors (Lipinski definition) is 2. The summed E-state index contributed by atoms with van der Waals surface area (Å²) in [5.41, 5.74) is 24.1. The maximum absolute atomic E-state index is 6.45. The average Bonchev–Trinajstić information content (AvgIpc) is 2.77. The summed E-state index contributed by atoms with van der Waals surface area (Å²) in [6.07, 6.45) is 1.83. The minimum absolute atomic E-state index is 0.854. The van der Waals surface area contributed by atoms with Crippen molar-refractivity contribution in [1.29, 1.82) is 0 Å². The smallest absolute Gasteiger partial charge is 0.0423 e. The Morgan fingerprint density at radius 2 is 1.20 bits per heavy atom. The summed E-state index contributed by atoms with van der Waals surface area (Å²) in [5, 5.41) is 0. The second-order valence-electron chi connectivity index (χ2n) is 7.97. The lowest BCUT2D eigenvalue weighted by Crippen LogP contribution is -2.01. The van der Waals surface area contributed by atoms with Crippen molar-refractivity contribution in [2.24, 2.45) is 0 Å². The first-order chi connectivity index (χ1) is 14.5. The van der Waals surface area contributed by atoms with Gasteiger partial charge in [-0.3, -0.25) is 0 Å². The fourth-order valence-corrected chi connectivity index (χ4v) is 4.08. The molecule has 0 saturated carbocycles. The van der Waals surface area contributed by atoms with Crippen molar-refractivity contribution >= 4 is 11.4 Å². The fraction of sp³-hybridized carbons (Fsp3) is 0.143. The Balaban J connectivity index is 1.60. The van der Waals surface area contributed by atoms with Gasteiger partial charge in [0.05, 0.1) is 0 Å². The Hall–Kier alpha value is -3.52. The van der Waals surface area contributed by atoms with E-state index in [1.807, 2.05) is 12.1 Å². The van der Waals surface area contributed by atoms with Gasteiger partial charge in [0.25, 0.3) is 0 Å². The van der Waals surface area contributed by atoms with Crippen LogP contribution in [0.1, 0.15) is 22.3 Å². The fourth-order valence-electron chi connectivity index (χ4n) is 4.08. The van der Waals surface area contributed by atoms with Gasteiger partial charge in [-0.1, -0.05) is 72.8 Å². The highest BCUT2D eigenvalue weighted by molar-refractivity contribution is 5.79. The number of nitrogens with two attached hydrogens (primary N) is 2. The van der Waals surface area contributed by atoms with Gasteiger partial charge in [0.15, 0.2) is 0 Å². The zero-order valence-electron chi connectivity index (χ0n) is 17.7. The topological polar surface area (TPSA) is 52.0 Å². The standard InChI is InChI=1S/C28H28N2/c1-19-16-24(27(29)18-25(19)22-9-5-3-6-10-22)14-13-21-15-20(2)28(30)26(17-21)23-11-7-4-8-12-23/h3-12,15-18H,13-14,29-30H2,1-2H3. The zero-order valence-corrected chi connectivity index (χ0v) is 17.7. The normalized spacial score (nSPS) is 10.9. The van der Waals surface area contributed by atoms with Gasteiger partial charge in [0.1, 0.15) is 0 Å². The predicted molar refractivity (Wildman–Crippen MR) is 129 cm³/mol. The van der Waals surface area contributed by atoms with Gasteiger partial charge in [0, 0.05) is 16.9 Å².